The first-order chi connectivity index (χ1) is 7.24. The molecule has 0 radical (unpaired) electrons. The van der Waals surface area contributed by atoms with Crippen molar-refractivity contribution in [1.82, 2.24) is 4.57 Å². The van der Waals surface area contributed by atoms with Crippen LogP contribution in [0.5, 0.6) is 0 Å². The lowest BCUT2D eigenvalue weighted by molar-refractivity contribution is 0.0973. The Balaban J connectivity index is 2.74. The number of allylic oxidation sites excluding steroid dienone is 2. The summed E-state index contributed by atoms with van der Waals surface area (Å²) in [5, 5.41) is 0. The molecule has 0 bridgehead atoms. The lowest BCUT2D eigenvalue weighted by Gasteiger charge is -1.97. The van der Waals surface area contributed by atoms with Gasteiger partial charge < -0.3 is 0 Å². The molecule has 0 aliphatic carbocycles. The SMILES string of the molecule is C/C=C/C(=O)n1c(=S)sc2ccccc21. The van der Waals surface area contributed by atoms with E-state index in [1.54, 1.807) is 10.6 Å². The summed E-state index contributed by atoms with van der Waals surface area (Å²) in [5.74, 6) is -0.0834. The smallest absolute Gasteiger partial charge is 0.256 e. The number of hydrogen-bond donors (Lipinski definition) is 0. The third-order valence-electron chi connectivity index (χ3n) is 2.02. The van der Waals surface area contributed by atoms with E-state index >= 15 is 0 Å². The van der Waals surface area contributed by atoms with Crippen molar-refractivity contribution in [3.8, 4) is 0 Å². The third-order valence-corrected chi connectivity index (χ3v) is 3.37. The highest BCUT2D eigenvalue weighted by molar-refractivity contribution is 7.73. The van der Waals surface area contributed by atoms with Crippen LogP contribution in [-0.2, 0) is 0 Å². The van der Waals surface area contributed by atoms with Gasteiger partial charge in [-0.15, -0.1) is 11.3 Å². The molecule has 1 aromatic carbocycles. The summed E-state index contributed by atoms with van der Waals surface area (Å²) in [4.78, 5) is 11.8. The van der Waals surface area contributed by atoms with E-state index in [2.05, 4.69) is 0 Å². The van der Waals surface area contributed by atoms with E-state index < -0.39 is 0 Å². The molecule has 1 aromatic heterocycles. The first-order valence-electron chi connectivity index (χ1n) is 4.51. The van der Waals surface area contributed by atoms with Crippen LogP contribution in [0.1, 0.15) is 11.7 Å². The molecule has 0 atom stereocenters. The number of aromatic nitrogens is 1. The Morgan fingerprint density at radius 1 is 1.47 bits per heavy atom. The van der Waals surface area contributed by atoms with Gasteiger partial charge >= 0.3 is 0 Å². The standard InChI is InChI=1S/C11H9NOS2/c1-2-5-10(13)12-8-6-3-4-7-9(8)15-11(12)14/h2-7H,1H3/b5-2+. The summed E-state index contributed by atoms with van der Waals surface area (Å²) in [6.45, 7) is 1.82. The van der Waals surface area contributed by atoms with Crippen molar-refractivity contribution >= 4 is 39.7 Å². The summed E-state index contributed by atoms with van der Waals surface area (Å²) in [6.07, 6.45) is 3.24. The number of hydrogen-bond acceptors (Lipinski definition) is 3. The quantitative estimate of drug-likeness (QED) is 0.556. The summed E-state index contributed by atoms with van der Waals surface area (Å²) in [7, 11) is 0. The molecule has 2 rings (SSSR count). The van der Waals surface area contributed by atoms with Gasteiger partial charge in [-0.05, 0) is 37.4 Å². The Morgan fingerprint density at radius 3 is 2.93 bits per heavy atom. The first-order valence-corrected chi connectivity index (χ1v) is 5.74. The van der Waals surface area contributed by atoms with Crippen LogP contribution in [0.4, 0.5) is 0 Å². The van der Waals surface area contributed by atoms with Crippen molar-refractivity contribution in [1.29, 1.82) is 0 Å². The molecule has 1 heterocycles. The van der Waals surface area contributed by atoms with Crippen LogP contribution in [0.3, 0.4) is 0 Å². The molecule has 4 heteroatoms. The van der Waals surface area contributed by atoms with Gasteiger partial charge in [0.1, 0.15) is 0 Å². The zero-order chi connectivity index (χ0) is 10.8. The van der Waals surface area contributed by atoms with E-state index in [-0.39, 0.29) is 5.91 Å². The van der Waals surface area contributed by atoms with E-state index in [4.69, 9.17) is 12.2 Å². The van der Waals surface area contributed by atoms with Crippen LogP contribution < -0.4 is 0 Å². The Morgan fingerprint density at radius 2 is 2.20 bits per heavy atom. The molecule has 0 aliphatic rings. The summed E-state index contributed by atoms with van der Waals surface area (Å²) < 4.78 is 3.20. The monoisotopic (exact) mass is 235 g/mol. The fourth-order valence-corrected chi connectivity index (χ4v) is 2.73. The van der Waals surface area contributed by atoms with Crippen LogP contribution >= 0.6 is 23.6 Å². The number of para-hydroxylation sites is 1. The fourth-order valence-electron chi connectivity index (χ4n) is 1.39. The molecule has 0 unspecified atom stereocenters. The highest BCUT2D eigenvalue weighted by Crippen LogP contribution is 2.22. The second kappa shape index (κ2) is 4.08. The second-order valence-corrected chi connectivity index (χ2v) is 4.69. The molecule has 0 amide bonds. The normalized spacial score (nSPS) is 11.3. The molecule has 0 N–H and O–H groups in total. The highest BCUT2D eigenvalue weighted by Gasteiger charge is 2.08. The van der Waals surface area contributed by atoms with E-state index in [0.29, 0.717) is 3.95 Å². The van der Waals surface area contributed by atoms with Crippen LogP contribution in [-0.4, -0.2) is 10.5 Å². The minimum atomic E-state index is -0.0834. The van der Waals surface area contributed by atoms with Gasteiger partial charge in [0.2, 0.25) is 0 Å². The van der Waals surface area contributed by atoms with Gasteiger partial charge in [0.25, 0.3) is 5.91 Å². The molecule has 15 heavy (non-hydrogen) atoms. The Labute approximate surface area is 96.5 Å². The number of carbonyl (C=O) groups is 1. The van der Waals surface area contributed by atoms with Crippen molar-refractivity contribution < 1.29 is 4.79 Å². The minimum absolute atomic E-state index is 0.0834. The fraction of sp³-hybridized carbons (Fsp3) is 0.0909. The van der Waals surface area contributed by atoms with Crippen LogP contribution in [0, 0.1) is 3.95 Å². The molecule has 2 nitrogen and oxygen atoms in total. The lowest BCUT2D eigenvalue weighted by Crippen LogP contribution is -2.06. The van der Waals surface area contributed by atoms with Gasteiger partial charge in [-0.1, -0.05) is 18.2 Å². The van der Waals surface area contributed by atoms with Crippen LogP contribution in [0.25, 0.3) is 10.2 Å². The van der Waals surface area contributed by atoms with Crippen LogP contribution in [0.2, 0.25) is 0 Å². The zero-order valence-corrected chi connectivity index (χ0v) is 9.77. The molecular formula is C11H9NOS2. The van der Waals surface area contributed by atoms with Gasteiger partial charge in [-0.25, -0.2) is 0 Å². The predicted octanol–water partition coefficient (Wildman–Crippen LogP) is 3.65. The van der Waals surface area contributed by atoms with Gasteiger partial charge in [0.05, 0.1) is 10.2 Å². The van der Waals surface area contributed by atoms with Gasteiger partial charge in [0, 0.05) is 0 Å². The molecule has 2 aromatic rings. The number of rotatable bonds is 1. The maximum atomic E-state index is 11.8. The Kier molecular flexibility index (Phi) is 2.79. The van der Waals surface area contributed by atoms with Gasteiger partial charge in [-0.3, -0.25) is 9.36 Å². The van der Waals surface area contributed by atoms with Crippen LogP contribution in [0.15, 0.2) is 36.4 Å². The lowest BCUT2D eigenvalue weighted by atomic mass is 10.3. The Bertz CT molecular complexity index is 592. The maximum absolute atomic E-state index is 11.8. The first kappa shape index (κ1) is 10.3. The molecule has 0 spiro atoms. The van der Waals surface area contributed by atoms with E-state index in [1.807, 2.05) is 31.2 Å². The maximum Gasteiger partial charge on any atom is 0.256 e. The predicted molar refractivity (Wildman–Crippen MR) is 66.1 cm³/mol. The molecule has 0 aliphatic heterocycles. The molecule has 0 fully saturated rings. The third kappa shape index (κ3) is 1.78. The van der Waals surface area contributed by atoms with Crippen molar-refractivity contribution in [2.24, 2.45) is 0 Å². The average molecular weight is 235 g/mol. The number of carbonyl (C=O) groups excluding carboxylic acids is 1. The average Bonchev–Trinajstić information content (AvgIpc) is 2.54. The van der Waals surface area contributed by atoms with Crippen molar-refractivity contribution in [2.75, 3.05) is 0 Å². The second-order valence-electron chi connectivity index (χ2n) is 3.01. The topological polar surface area (TPSA) is 22.0 Å². The van der Waals surface area contributed by atoms with E-state index in [1.165, 1.54) is 17.4 Å². The van der Waals surface area contributed by atoms with Gasteiger partial charge in [-0.2, -0.15) is 0 Å². The summed E-state index contributed by atoms with van der Waals surface area (Å²) in [6, 6.07) is 7.72. The molecule has 0 saturated heterocycles. The number of benzene rings is 1. The summed E-state index contributed by atoms with van der Waals surface area (Å²) >= 11 is 6.63. The molecular weight excluding hydrogens is 226 g/mol. The van der Waals surface area contributed by atoms with Crippen molar-refractivity contribution in [3.63, 3.8) is 0 Å². The van der Waals surface area contributed by atoms with Gasteiger partial charge in [0.15, 0.2) is 3.95 Å². The largest absolute Gasteiger partial charge is 0.269 e. The highest BCUT2D eigenvalue weighted by atomic mass is 32.1. The number of fused-ring (bicyclic) bond motifs is 1. The zero-order valence-electron chi connectivity index (χ0n) is 8.14. The number of nitrogens with zero attached hydrogens (tertiary/aromatic N) is 1. The number of thiazole rings is 1. The molecule has 0 saturated carbocycles. The van der Waals surface area contributed by atoms with E-state index in [9.17, 15) is 4.79 Å². The summed E-state index contributed by atoms with van der Waals surface area (Å²) in [5.41, 5.74) is 0.885. The van der Waals surface area contributed by atoms with Crippen molar-refractivity contribution in [3.05, 3.63) is 40.4 Å². The Hall–Kier alpha value is -1.26. The van der Waals surface area contributed by atoms with Crippen molar-refractivity contribution in [2.45, 2.75) is 6.92 Å². The van der Waals surface area contributed by atoms with E-state index in [0.717, 1.165) is 10.2 Å². The minimum Gasteiger partial charge on any atom is -0.269 e. The molecule has 76 valence electrons.